The van der Waals surface area contributed by atoms with Gasteiger partial charge in [-0.2, -0.15) is 0 Å². The highest BCUT2D eigenvalue weighted by Gasteiger charge is 1.75. The van der Waals surface area contributed by atoms with E-state index in [1.54, 1.807) is 12.2 Å². The van der Waals surface area contributed by atoms with E-state index in [0.717, 1.165) is 12.8 Å². The molecule has 0 aromatic rings. The Labute approximate surface area is 62.1 Å². The Balaban J connectivity index is 3.22. The Morgan fingerprint density at radius 3 is 2.80 bits per heavy atom. The third-order valence-corrected chi connectivity index (χ3v) is 0.969. The average Bonchev–Trinajstić information content (AvgIpc) is 1.97. The largest absolute Gasteiger partial charge is 0.396 e. The summed E-state index contributed by atoms with van der Waals surface area (Å²) in [5.74, 6) is 2.38. The molecule has 0 unspecified atom stereocenters. The molecule has 0 bridgehead atoms. The molecular formula is C9H12O. The van der Waals surface area contributed by atoms with Gasteiger partial charge < -0.3 is 5.11 Å². The zero-order valence-electron chi connectivity index (χ0n) is 5.96. The molecule has 1 nitrogen and oxygen atoms in total. The van der Waals surface area contributed by atoms with Gasteiger partial charge in [-0.15, -0.1) is 6.42 Å². The molecule has 0 spiro atoms. The number of hydrogen-bond acceptors (Lipinski definition) is 1. The van der Waals surface area contributed by atoms with Gasteiger partial charge in [0, 0.05) is 6.61 Å². The molecule has 0 heterocycles. The van der Waals surface area contributed by atoms with E-state index in [0.29, 0.717) is 0 Å². The van der Waals surface area contributed by atoms with Crippen molar-refractivity contribution < 1.29 is 5.11 Å². The van der Waals surface area contributed by atoms with Crippen LogP contribution >= 0.6 is 0 Å². The van der Waals surface area contributed by atoms with Crippen molar-refractivity contribution >= 4 is 0 Å². The minimum Gasteiger partial charge on any atom is -0.396 e. The molecule has 0 aliphatic heterocycles. The molecule has 0 aliphatic carbocycles. The summed E-state index contributed by atoms with van der Waals surface area (Å²) < 4.78 is 0. The van der Waals surface area contributed by atoms with Crippen LogP contribution in [0.4, 0.5) is 0 Å². The Morgan fingerprint density at radius 2 is 2.20 bits per heavy atom. The summed E-state index contributed by atoms with van der Waals surface area (Å²) in [4.78, 5) is 0. The van der Waals surface area contributed by atoms with Crippen LogP contribution in [0.2, 0.25) is 0 Å². The highest BCUT2D eigenvalue weighted by Crippen LogP contribution is 1.88. The molecule has 0 atom stereocenters. The summed E-state index contributed by atoms with van der Waals surface area (Å²) in [5, 5.41) is 8.38. The maximum Gasteiger partial charge on any atom is 0.0433 e. The lowest BCUT2D eigenvalue weighted by atomic mass is 10.3. The number of rotatable bonds is 4. The average molecular weight is 136 g/mol. The zero-order valence-corrected chi connectivity index (χ0v) is 5.96. The van der Waals surface area contributed by atoms with Gasteiger partial charge in [0.25, 0.3) is 0 Å². The van der Waals surface area contributed by atoms with Crippen molar-refractivity contribution in [2.24, 2.45) is 0 Å². The van der Waals surface area contributed by atoms with Gasteiger partial charge in [0.2, 0.25) is 0 Å². The normalized spacial score (nSPS) is 10.8. The molecule has 1 heteroatoms. The summed E-state index contributed by atoms with van der Waals surface area (Å²) >= 11 is 0. The van der Waals surface area contributed by atoms with Gasteiger partial charge in [-0.1, -0.05) is 24.1 Å². The Kier molecular flexibility index (Phi) is 7.20. The highest BCUT2D eigenvalue weighted by molar-refractivity contribution is 5.15. The van der Waals surface area contributed by atoms with Crippen LogP contribution in [0, 0.1) is 12.3 Å². The summed E-state index contributed by atoms with van der Waals surface area (Å²) in [7, 11) is 0. The SMILES string of the molecule is C#C/C=C\C=C\CCCO. The number of aliphatic hydroxyl groups excluding tert-OH is 1. The van der Waals surface area contributed by atoms with E-state index >= 15 is 0 Å². The third-order valence-electron chi connectivity index (χ3n) is 0.969. The fraction of sp³-hybridized carbons (Fsp3) is 0.333. The van der Waals surface area contributed by atoms with Crippen LogP contribution in [0.25, 0.3) is 0 Å². The standard InChI is InChI=1S/C9H12O/c1-2-3-4-5-6-7-8-9-10/h1,3-6,10H,7-9H2/b4-3-,6-5+. The molecule has 0 radical (unpaired) electrons. The van der Waals surface area contributed by atoms with Crippen LogP contribution in [-0.4, -0.2) is 11.7 Å². The first-order chi connectivity index (χ1) is 4.91. The van der Waals surface area contributed by atoms with Gasteiger partial charge in [-0.25, -0.2) is 0 Å². The lowest BCUT2D eigenvalue weighted by molar-refractivity contribution is 0.289. The van der Waals surface area contributed by atoms with E-state index in [-0.39, 0.29) is 6.61 Å². The molecule has 0 saturated carbocycles. The smallest absolute Gasteiger partial charge is 0.0433 e. The summed E-state index contributed by atoms with van der Waals surface area (Å²) in [6, 6.07) is 0. The van der Waals surface area contributed by atoms with E-state index in [1.807, 2.05) is 12.2 Å². The van der Waals surface area contributed by atoms with Crippen molar-refractivity contribution in [3.63, 3.8) is 0 Å². The van der Waals surface area contributed by atoms with Gasteiger partial charge in [-0.3, -0.25) is 0 Å². The van der Waals surface area contributed by atoms with E-state index in [9.17, 15) is 0 Å². The second kappa shape index (κ2) is 8.00. The molecular weight excluding hydrogens is 124 g/mol. The predicted octanol–water partition coefficient (Wildman–Crippen LogP) is 1.50. The summed E-state index contributed by atoms with van der Waals surface area (Å²) in [6.45, 7) is 0.253. The van der Waals surface area contributed by atoms with Crippen molar-refractivity contribution in [1.29, 1.82) is 0 Å². The molecule has 0 aromatic heterocycles. The van der Waals surface area contributed by atoms with Crippen molar-refractivity contribution in [1.82, 2.24) is 0 Å². The fourth-order valence-corrected chi connectivity index (χ4v) is 0.495. The monoisotopic (exact) mass is 136 g/mol. The first kappa shape index (κ1) is 9.00. The van der Waals surface area contributed by atoms with E-state index in [4.69, 9.17) is 11.5 Å². The molecule has 0 fully saturated rings. The molecule has 54 valence electrons. The molecule has 1 N–H and O–H groups in total. The number of aliphatic hydroxyl groups is 1. The second-order valence-electron chi connectivity index (χ2n) is 1.82. The van der Waals surface area contributed by atoms with Crippen LogP contribution in [0.5, 0.6) is 0 Å². The lowest BCUT2D eigenvalue weighted by Crippen LogP contribution is -1.77. The quantitative estimate of drug-likeness (QED) is 0.353. The van der Waals surface area contributed by atoms with Crippen LogP contribution < -0.4 is 0 Å². The first-order valence-corrected chi connectivity index (χ1v) is 3.30. The van der Waals surface area contributed by atoms with E-state index in [1.165, 1.54) is 0 Å². The van der Waals surface area contributed by atoms with E-state index in [2.05, 4.69) is 5.92 Å². The molecule has 0 rings (SSSR count). The maximum absolute atomic E-state index is 8.38. The number of unbranched alkanes of at least 4 members (excludes halogenated alkanes) is 1. The molecule has 0 amide bonds. The van der Waals surface area contributed by atoms with Crippen molar-refractivity contribution in [2.45, 2.75) is 12.8 Å². The lowest BCUT2D eigenvalue weighted by Gasteiger charge is -1.84. The summed E-state index contributed by atoms with van der Waals surface area (Å²) in [6.07, 6.45) is 14.0. The van der Waals surface area contributed by atoms with Gasteiger partial charge in [0.05, 0.1) is 0 Å². The van der Waals surface area contributed by atoms with Crippen LogP contribution in [0.1, 0.15) is 12.8 Å². The number of hydrogen-bond donors (Lipinski definition) is 1. The predicted molar refractivity (Wildman–Crippen MR) is 43.4 cm³/mol. The topological polar surface area (TPSA) is 20.2 Å². The van der Waals surface area contributed by atoms with Crippen molar-refractivity contribution in [2.75, 3.05) is 6.61 Å². The molecule has 0 saturated heterocycles. The minimum absolute atomic E-state index is 0.253. The Hall–Kier alpha value is -1.00. The van der Waals surface area contributed by atoms with E-state index < -0.39 is 0 Å². The third kappa shape index (κ3) is 7.00. The van der Waals surface area contributed by atoms with Crippen LogP contribution in [0.15, 0.2) is 24.3 Å². The Bertz CT molecular complexity index is 149. The Morgan fingerprint density at radius 1 is 1.40 bits per heavy atom. The highest BCUT2D eigenvalue weighted by atomic mass is 16.2. The molecule has 0 aliphatic rings. The van der Waals surface area contributed by atoms with Gasteiger partial charge in [0.1, 0.15) is 0 Å². The fourth-order valence-electron chi connectivity index (χ4n) is 0.495. The zero-order chi connectivity index (χ0) is 7.66. The van der Waals surface area contributed by atoms with Gasteiger partial charge in [-0.05, 0) is 18.9 Å². The van der Waals surface area contributed by atoms with Gasteiger partial charge >= 0.3 is 0 Å². The number of allylic oxidation sites excluding steroid dienone is 4. The first-order valence-electron chi connectivity index (χ1n) is 3.30. The van der Waals surface area contributed by atoms with Crippen LogP contribution in [0.3, 0.4) is 0 Å². The van der Waals surface area contributed by atoms with Gasteiger partial charge in [0.15, 0.2) is 0 Å². The van der Waals surface area contributed by atoms with Crippen molar-refractivity contribution in [3.05, 3.63) is 24.3 Å². The molecule has 0 aromatic carbocycles. The minimum atomic E-state index is 0.253. The second-order valence-corrected chi connectivity index (χ2v) is 1.82. The summed E-state index contributed by atoms with van der Waals surface area (Å²) in [5.41, 5.74) is 0. The number of terminal acetylenes is 1. The van der Waals surface area contributed by atoms with Crippen LogP contribution in [-0.2, 0) is 0 Å². The molecule has 10 heavy (non-hydrogen) atoms. The van der Waals surface area contributed by atoms with Crippen molar-refractivity contribution in [3.8, 4) is 12.3 Å². The maximum atomic E-state index is 8.38.